The molecule has 0 aliphatic rings. The first-order valence-corrected chi connectivity index (χ1v) is 34.6. The molecule has 0 aliphatic heterocycles. The monoisotopic (exact) mass is 1070 g/mol. The lowest BCUT2D eigenvalue weighted by Gasteiger charge is -2.18. The molecule has 0 radical (unpaired) electrons. The molecule has 0 aliphatic carbocycles. The Balaban J connectivity index is 4.28. The zero-order valence-electron chi connectivity index (χ0n) is 52.6. The van der Waals surface area contributed by atoms with Crippen LogP contribution in [0.5, 0.6) is 0 Å². The maximum Gasteiger partial charge on any atom is 0.306 e. The predicted molar refractivity (Wildman–Crippen MR) is 330 cm³/mol. The van der Waals surface area contributed by atoms with Crippen LogP contribution in [0.1, 0.15) is 395 Å². The van der Waals surface area contributed by atoms with Crippen molar-refractivity contribution in [1.82, 2.24) is 0 Å². The third kappa shape index (κ3) is 63.2. The first-order chi connectivity index (χ1) is 37.1. The highest BCUT2D eigenvalue weighted by Crippen LogP contribution is 2.20. The molecule has 6 heteroatoms. The summed E-state index contributed by atoms with van der Waals surface area (Å²) in [4.78, 5) is 38.4. The lowest BCUT2D eigenvalue weighted by Crippen LogP contribution is -2.30. The van der Waals surface area contributed by atoms with E-state index in [1.54, 1.807) is 0 Å². The largest absolute Gasteiger partial charge is 0.462 e. The summed E-state index contributed by atoms with van der Waals surface area (Å²) in [6.45, 7) is 13.9. The van der Waals surface area contributed by atoms with Gasteiger partial charge in [-0.05, 0) is 37.0 Å². The molecule has 0 heterocycles. The quantitative estimate of drug-likeness (QED) is 0.0343. The van der Waals surface area contributed by atoms with Gasteiger partial charge in [0.15, 0.2) is 6.10 Å². The molecule has 0 aromatic heterocycles. The molecule has 0 saturated heterocycles. The Hall–Kier alpha value is -1.59. The maximum absolute atomic E-state index is 12.9. The van der Waals surface area contributed by atoms with Gasteiger partial charge in [-0.1, -0.05) is 356 Å². The Labute approximate surface area is 476 Å². The van der Waals surface area contributed by atoms with Crippen LogP contribution in [0.2, 0.25) is 0 Å². The van der Waals surface area contributed by atoms with Crippen molar-refractivity contribution in [3.8, 4) is 0 Å². The summed E-state index contributed by atoms with van der Waals surface area (Å²) >= 11 is 0. The van der Waals surface area contributed by atoms with Crippen molar-refractivity contribution < 1.29 is 28.6 Å². The van der Waals surface area contributed by atoms with E-state index in [0.717, 1.165) is 75.5 Å². The topological polar surface area (TPSA) is 78.9 Å². The minimum Gasteiger partial charge on any atom is -0.462 e. The Morgan fingerprint density at radius 3 is 0.566 bits per heavy atom. The van der Waals surface area contributed by atoms with Crippen molar-refractivity contribution in [3.05, 3.63) is 0 Å². The van der Waals surface area contributed by atoms with Crippen molar-refractivity contribution >= 4 is 17.9 Å². The van der Waals surface area contributed by atoms with Gasteiger partial charge in [-0.15, -0.1) is 0 Å². The van der Waals surface area contributed by atoms with Crippen molar-refractivity contribution in [3.63, 3.8) is 0 Å². The Morgan fingerprint density at radius 1 is 0.224 bits per heavy atom. The number of rotatable bonds is 63. The fourth-order valence-corrected chi connectivity index (χ4v) is 10.9. The molecule has 0 aromatic rings. The third-order valence-electron chi connectivity index (χ3n) is 16.1. The van der Waals surface area contributed by atoms with Crippen molar-refractivity contribution in [2.45, 2.75) is 401 Å². The summed E-state index contributed by atoms with van der Waals surface area (Å²) in [6.07, 6.45) is 68.3. The first-order valence-electron chi connectivity index (χ1n) is 34.6. The number of ether oxygens (including phenoxy) is 3. The van der Waals surface area contributed by atoms with Gasteiger partial charge < -0.3 is 14.2 Å². The SMILES string of the molecule is CC(C)CCCCCCCCCCCCCCCCCCCCC(=O)OC[C@@H](COC(=O)CCCCCCCCCCCCCCCCCCC(C)C)OC(=O)CCCCCCCCCCCCCCCCCC(C)C. The van der Waals surface area contributed by atoms with Crippen LogP contribution in [-0.4, -0.2) is 37.2 Å². The number of unbranched alkanes of at least 4 members (excludes halogenated alkanes) is 46. The molecule has 0 rings (SSSR count). The molecule has 452 valence electrons. The first kappa shape index (κ1) is 74.4. The van der Waals surface area contributed by atoms with Crippen molar-refractivity contribution in [1.29, 1.82) is 0 Å². The molecule has 0 N–H and O–H groups in total. The molecule has 0 bridgehead atoms. The normalized spacial score (nSPS) is 12.1. The van der Waals surface area contributed by atoms with E-state index in [1.165, 1.54) is 276 Å². The zero-order chi connectivity index (χ0) is 55.5. The second-order valence-corrected chi connectivity index (χ2v) is 25.6. The molecule has 1 atom stereocenters. The molecule has 0 spiro atoms. The second kappa shape index (κ2) is 61.0. The molecule has 6 nitrogen and oxygen atoms in total. The predicted octanol–water partition coefficient (Wildman–Crippen LogP) is 23.4. The highest BCUT2D eigenvalue weighted by Gasteiger charge is 2.20. The van der Waals surface area contributed by atoms with E-state index in [-0.39, 0.29) is 31.1 Å². The molecular weight excluding hydrogens is 937 g/mol. The lowest BCUT2D eigenvalue weighted by molar-refractivity contribution is -0.167. The van der Waals surface area contributed by atoms with E-state index in [2.05, 4.69) is 41.5 Å². The van der Waals surface area contributed by atoms with Crippen molar-refractivity contribution in [2.24, 2.45) is 17.8 Å². The highest BCUT2D eigenvalue weighted by molar-refractivity contribution is 5.71. The van der Waals surface area contributed by atoms with E-state index in [9.17, 15) is 14.4 Å². The van der Waals surface area contributed by atoms with E-state index >= 15 is 0 Å². The van der Waals surface area contributed by atoms with Gasteiger partial charge in [0.2, 0.25) is 0 Å². The number of hydrogen-bond acceptors (Lipinski definition) is 6. The van der Waals surface area contributed by atoms with Gasteiger partial charge in [0.05, 0.1) is 0 Å². The lowest BCUT2D eigenvalue weighted by atomic mass is 10.0. The molecule has 0 amide bonds. The van der Waals surface area contributed by atoms with Crippen LogP contribution in [0.4, 0.5) is 0 Å². The Kier molecular flexibility index (Phi) is 59.8. The molecule has 0 saturated carbocycles. The van der Waals surface area contributed by atoms with Crippen molar-refractivity contribution in [2.75, 3.05) is 13.2 Å². The van der Waals surface area contributed by atoms with Gasteiger partial charge in [-0.25, -0.2) is 0 Å². The van der Waals surface area contributed by atoms with Gasteiger partial charge in [0.25, 0.3) is 0 Å². The van der Waals surface area contributed by atoms with Crippen LogP contribution in [0.3, 0.4) is 0 Å². The second-order valence-electron chi connectivity index (χ2n) is 25.6. The van der Waals surface area contributed by atoms with Crippen LogP contribution in [0, 0.1) is 17.8 Å². The molecular formula is C70H136O6. The third-order valence-corrected chi connectivity index (χ3v) is 16.1. The van der Waals surface area contributed by atoms with Crippen LogP contribution < -0.4 is 0 Å². The zero-order valence-corrected chi connectivity index (χ0v) is 52.6. The number of carbonyl (C=O) groups excluding carboxylic acids is 3. The smallest absolute Gasteiger partial charge is 0.306 e. The highest BCUT2D eigenvalue weighted by atomic mass is 16.6. The minimum absolute atomic E-state index is 0.0619. The average Bonchev–Trinajstić information content (AvgIpc) is 3.39. The van der Waals surface area contributed by atoms with E-state index in [1.807, 2.05) is 0 Å². The molecule has 0 unspecified atom stereocenters. The fraction of sp³-hybridized carbons (Fsp3) is 0.957. The molecule has 76 heavy (non-hydrogen) atoms. The Bertz CT molecular complexity index is 1180. The maximum atomic E-state index is 12.9. The summed E-state index contributed by atoms with van der Waals surface area (Å²) in [6, 6.07) is 0. The van der Waals surface area contributed by atoms with E-state index in [4.69, 9.17) is 14.2 Å². The van der Waals surface area contributed by atoms with Crippen LogP contribution >= 0.6 is 0 Å². The van der Waals surface area contributed by atoms with Gasteiger partial charge in [0.1, 0.15) is 13.2 Å². The fourth-order valence-electron chi connectivity index (χ4n) is 10.9. The van der Waals surface area contributed by atoms with Gasteiger partial charge in [-0.3, -0.25) is 14.4 Å². The average molecular weight is 1070 g/mol. The van der Waals surface area contributed by atoms with Gasteiger partial charge in [0, 0.05) is 19.3 Å². The van der Waals surface area contributed by atoms with Crippen LogP contribution in [-0.2, 0) is 28.6 Å². The summed E-state index contributed by atoms with van der Waals surface area (Å²) in [5, 5.41) is 0. The number of carbonyl (C=O) groups is 3. The number of hydrogen-bond donors (Lipinski definition) is 0. The van der Waals surface area contributed by atoms with E-state index < -0.39 is 6.10 Å². The van der Waals surface area contributed by atoms with Crippen LogP contribution in [0.15, 0.2) is 0 Å². The minimum atomic E-state index is -0.765. The van der Waals surface area contributed by atoms with Crippen LogP contribution in [0.25, 0.3) is 0 Å². The van der Waals surface area contributed by atoms with E-state index in [0.29, 0.717) is 19.3 Å². The summed E-state index contributed by atoms with van der Waals surface area (Å²) in [5.74, 6) is 1.73. The summed E-state index contributed by atoms with van der Waals surface area (Å²) < 4.78 is 17.0. The summed E-state index contributed by atoms with van der Waals surface area (Å²) in [5.41, 5.74) is 0. The van der Waals surface area contributed by atoms with Gasteiger partial charge in [-0.2, -0.15) is 0 Å². The summed E-state index contributed by atoms with van der Waals surface area (Å²) in [7, 11) is 0. The number of esters is 3. The molecule has 0 aromatic carbocycles. The van der Waals surface area contributed by atoms with Gasteiger partial charge >= 0.3 is 17.9 Å². The standard InChI is InChI=1S/C70H136O6/c1-64(2)56-50-44-38-32-26-20-14-9-7-8-10-17-23-29-35-41-47-53-59-68(71)74-62-67(76-70(73)61-55-49-43-37-31-25-19-13-16-22-28-34-40-46-52-58-66(5)6)63-75-69(72)60-54-48-42-36-30-24-18-12-11-15-21-27-33-39-45-51-57-65(3)4/h64-67H,7-63H2,1-6H3/t67-/m0/s1. The Morgan fingerprint density at radius 2 is 0.382 bits per heavy atom. The molecule has 0 fully saturated rings.